The maximum atomic E-state index is 11.6. The summed E-state index contributed by atoms with van der Waals surface area (Å²) in [7, 11) is 1.73. The number of amides is 1. The van der Waals surface area contributed by atoms with E-state index >= 15 is 0 Å². The number of guanidine groups is 1. The van der Waals surface area contributed by atoms with Crippen LogP contribution in [0.25, 0.3) is 0 Å². The summed E-state index contributed by atoms with van der Waals surface area (Å²) in [4.78, 5) is 15.9. The monoisotopic (exact) mass is 420 g/mol. The Kier molecular flexibility index (Phi) is 9.23. The van der Waals surface area contributed by atoms with Gasteiger partial charge in [0.25, 0.3) is 0 Å². The first kappa shape index (κ1) is 23.8. The van der Waals surface area contributed by atoms with E-state index in [4.69, 9.17) is 14.2 Å². The molecule has 0 bridgehead atoms. The van der Waals surface area contributed by atoms with Crippen molar-refractivity contribution in [2.75, 3.05) is 33.4 Å². The topological polar surface area (TPSA) is 93.2 Å². The number of benzene rings is 1. The van der Waals surface area contributed by atoms with Gasteiger partial charge in [-0.15, -0.1) is 0 Å². The summed E-state index contributed by atoms with van der Waals surface area (Å²) in [6.07, 6.45) is 1.38. The van der Waals surface area contributed by atoms with Gasteiger partial charge in [-0.05, 0) is 45.7 Å². The Balaban J connectivity index is 1.74. The van der Waals surface area contributed by atoms with Gasteiger partial charge in [0.2, 0.25) is 0 Å². The second-order valence-corrected chi connectivity index (χ2v) is 8.35. The fraction of sp³-hybridized carbons (Fsp3) is 0.636. The number of ether oxygens (including phenoxy) is 3. The van der Waals surface area contributed by atoms with Crippen molar-refractivity contribution in [1.29, 1.82) is 0 Å². The van der Waals surface area contributed by atoms with Crippen molar-refractivity contribution in [3.8, 4) is 5.75 Å². The zero-order valence-electron chi connectivity index (χ0n) is 18.8. The predicted molar refractivity (Wildman–Crippen MR) is 118 cm³/mol. The highest BCUT2D eigenvalue weighted by Gasteiger charge is 2.19. The standard InChI is InChI=1S/C22H36N4O4/c1-16-7-8-17(19(13-16)29-18-9-12-28-15-18)14-26-20(23-5)24-10-6-11-25-21(27)30-22(2,3)4/h7-8,13,18H,6,9-12,14-15H2,1-5H3,(H,25,27)(H2,23,24,26). The summed E-state index contributed by atoms with van der Waals surface area (Å²) >= 11 is 0. The summed E-state index contributed by atoms with van der Waals surface area (Å²) in [5.41, 5.74) is 1.74. The zero-order chi connectivity index (χ0) is 22.0. The van der Waals surface area contributed by atoms with Gasteiger partial charge < -0.3 is 30.2 Å². The van der Waals surface area contributed by atoms with Crippen molar-refractivity contribution in [1.82, 2.24) is 16.0 Å². The molecule has 1 unspecified atom stereocenters. The van der Waals surface area contributed by atoms with Crippen LogP contribution in [0, 0.1) is 6.92 Å². The molecule has 1 aliphatic rings. The highest BCUT2D eigenvalue weighted by molar-refractivity contribution is 5.79. The van der Waals surface area contributed by atoms with Crippen LogP contribution in [0.1, 0.15) is 44.7 Å². The number of alkyl carbamates (subject to hydrolysis) is 1. The largest absolute Gasteiger partial charge is 0.488 e. The molecule has 1 amide bonds. The number of nitrogens with one attached hydrogen (secondary N) is 3. The van der Waals surface area contributed by atoms with Crippen LogP contribution in [0.3, 0.4) is 0 Å². The SMILES string of the molecule is CN=C(NCCCNC(=O)OC(C)(C)C)NCc1ccc(C)cc1OC1CCOC1. The molecular weight excluding hydrogens is 384 g/mol. The van der Waals surface area contributed by atoms with E-state index in [1.54, 1.807) is 7.05 Å². The zero-order valence-corrected chi connectivity index (χ0v) is 18.8. The fourth-order valence-electron chi connectivity index (χ4n) is 2.90. The lowest BCUT2D eigenvalue weighted by Crippen LogP contribution is -2.39. The molecule has 2 rings (SSSR count). The molecule has 168 valence electrons. The van der Waals surface area contributed by atoms with Gasteiger partial charge in [0.15, 0.2) is 5.96 Å². The Morgan fingerprint density at radius 3 is 2.67 bits per heavy atom. The van der Waals surface area contributed by atoms with Crippen LogP contribution in [-0.4, -0.2) is 57.1 Å². The normalized spacial score (nSPS) is 16.8. The van der Waals surface area contributed by atoms with Crippen molar-refractivity contribution in [3.63, 3.8) is 0 Å². The number of carbonyl (C=O) groups is 1. The molecule has 30 heavy (non-hydrogen) atoms. The molecule has 1 aliphatic heterocycles. The maximum absolute atomic E-state index is 11.6. The summed E-state index contributed by atoms with van der Waals surface area (Å²) in [5, 5.41) is 9.32. The number of carbonyl (C=O) groups excluding carboxylic acids is 1. The van der Waals surface area contributed by atoms with Crippen molar-refractivity contribution < 1.29 is 19.0 Å². The van der Waals surface area contributed by atoms with E-state index in [0.717, 1.165) is 36.3 Å². The lowest BCUT2D eigenvalue weighted by Gasteiger charge is -2.19. The van der Waals surface area contributed by atoms with Crippen LogP contribution >= 0.6 is 0 Å². The van der Waals surface area contributed by atoms with Gasteiger partial charge >= 0.3 is 6.09 Å². The van der Waals surface area contributed by atoms with Gasteiger partial charge in [-0.2, -0.15) is 0 Å². The van der Waals surface area contributed by atoms with Crippen LogP contribution in [0.15, 0.2) is 23.2 Å². The first-order valence-corrected chi connectivity index (χ1v) is 10.5. The average molecular weight is 421 g/mol. The van der Waals surface area contributed by atoms with E-state index in [9.17, 15) is 4.79 Å². The number of nitrogens with zero attached hydrogens (tertiary/aromatic N) is 1. The first-order chi connectivity index (χ1) is 14.3. The van der Waals surface area contributed by atoms with Crippen molar-refractivity contribution in [2.24, 2.45) is 4.99 Å². The third-order valence-electron chi connectivity index (χ3n) is 4.39. The summed E-state index contributed by atoms with van der Waals surface area (Å²) < 4.78 is 16.8. The van der Waals surface area contributed by atoms with Crippen LogP contribution in [0.5, 0.6) is 5.75 Å². The molecule has 1 fully saturated rings. The second-order valence-electron chi connectivity index (χ2n) is 8.35. The van der Waals surface area contributed by atoms with Crippen LogP contribution in [-0.2, 0) is 16.0 Å². The van der Waals surface area contributed by atoms with Gasteiger partial charge in [0.1, 0.15) is 17.5 Å². The molecule has 0 saturated carbocycles. The number of aryl methyl sites for hydroxylation is 1. The van der Waals surface area contributed by atoms with E-state index in [2.05, 4.69) is 46.1 Å². The maximum Gasteiger partial charge on any atom is 0.407 e. The van der Waals surface area contributed by atoms with Crippen LogP contribution < -0.4 is 20.7 Å². The minimum absolute atomic E-state index is 0.112. The quantitative estimate of drug-likeness (QED) is 0.340. The molecule has 1 heterocycles. The first-order valence-electron chi connectivity index (χ1n) is 10.5. The predicted octanol–water partition coefficient (Wildman–Crippen LogP) is 2.74. The Hall–Kier alpha value is -2.48. The molecule has 1 aromatic rings. The van der Waals surface area contributed by atoms with Gasteiger partial charge in [0.05, 0.1) is 13.2 Å². The number of hydrogen-bond acceptors (Lipinski definition) is 5. The molecule has 8 nitrogen and oxygen atoms in total. The van der Waals surface area contributed by atoms with E-state index in [0.29, 0.717) is 32.2 Å². The number of hydrogen-bond donors (Lipinski definition) is 3. The van der Waals surface area contributed by atoms with Crippen molar-refractivity contribution >= 4 is 12.1 Å². The van der Waals surface area contributed by atoms with E-state index in [-0.39, 0.29) is 6.10 Å². The Morgan fingerprint density at radius 2 is 2.00 bits per heavy atom. The molecule has 1 aromatic carbocycles. The van der Waals surface area contributed by atoms with E-state index in [1.807, 2.05) is 20.8 Å². The van der Waals surface area contributed by atoms with Gasteiger partial charge in [-0.1, -0.05) is 12.1 Å². The third-order valence-corrected chi connectivity index (χ3v) is 4.39. The van der Waals surface area contributed by atoms with Crippen LogP contribution in [0.2, 0.25) is 0 Å². The van der Waals surface area contributed by atoms with Gasteiger partial charge in [-0.25, -0.2) is 4.79 Å². The summed E-state index contributed by atoms with van der Waals surface area (Å²) in [5.74, 6) is 1.58. The number of aliphatic imine (C=N–C) groups is 1. The average Bonchev–Trinajstić information content (AvgIpc) is 3.17. The third kappa shape index (κ3) is 8.90. The minimum atomic E-state index is -0.488. The van der Waals surface area contributed by atoms with Crippen molar-refractivity contribution in [3.05, 3.63) is 29.3 Å². The molecule has 3 N–H and O–H groups in total. The molecule has 0 spiro atoms. The molecular formula is C22H36N4O4. The highest BCUT2D eigenvalue weighted by atomic mass is 16.6. The number of rotatable bonds is 8. The minimum Gasteiger partial charge on any atom is -0.488 e. The van der Waals surface area contributed by atoms with E-state index < -0.39 is 11.7 Å². The molecule has 8 heteroatoms. The molecule has 0 aromatic heterocycles. The molecule has 1 saturated heterocycles. The smallest absolute Gasteiger partial charge is 0.407 e. The van der Waals surface area contributed by atoms with Gasteiger partial charge in [-0.3, -0.25) is 4.99 Å². The molecule has 1 atom stereocenters. The highest BCUT2D eigenvalue weighted by Crippen LogP contribution is 2.23. The second kappa shape index (κ2) is 11.6. The van der Waals surface area contributed by atoms with E-state index in [1.165, 1.54) is 0 Å². The Morgan fingerprint density at radius 1 is 1.23 bits per heavy atom. The fourth-order valence-corrected chi connectivity index (χ4v) is 2.90. The summed E-state index contributed by atoms with van der Waals surface area (Å²) in [6.45, 7) is 10.8. The van der Waals surface area contributed by atoms with Gasteiger partial charge in [0, 0.05) is 38.7 Å². The molecule has 0 radical (unpaired) electrons. The molecule has 0 aliphatic carbocycles. The Bertz CT molecular complexity index is 710. The van der Waals surface area contributed by atoms with Crippen LogP contribution in [0.4, 0.5) is 4.79 Å². The lowest BCUT2D eigenvalue weighted by molar-refractivity contribution is 0.0527. The Labute approximate surface area is 179 Å². The summed E-state index contributed by atoms with van der Waals surface area (Å²) in [6, 6.07) is 6.22. The van der Waals surface area contributed by atoms with Crippen molar-refractivity contribution in [2.45, 2.75) is 58.8 Å². The lowest BCUT2D eigenvalue weighted by atomic mass is 10.1.